The van der Waals surface area contributed by atoms with Crippen molar-refractivity contribution in [3.8, 4) is 11.5 Å². The molecule has 1 atom stereocenters. The average Bonchev–Trinajstić information content (AvgIpc) is 3.32. The van der Waals surface area contributed by atoms with Gasteiger partial charge in [0.1, 0.15) is 11.5 Å². The average molecular weight is 564 g/mol. The Labute approximate surface area is 237 Å². The monoisotopic (exact) mass is 563 g/mol. The first-order valence-electron chi connectivity index (χ1n) is 12.7. The van der Waals surface area contributed by atoms with Gasteiger partial charge >= 0.3 is 5.97 Å². The van der Waals surface area contributed by atoms with Gasteiger partial charge in [-0.15, -0.1) is 0 Å². The lowest BCUT2D eigenvalue weighted by molar-refractivity contribution is -0.152. The van der Waals surface area contributed by atoms with Gasteiger partial charge < -0.3 is 14.4 Å². The van der Waals surface area contributed by atoms with E-state index in [2.05, 4.69) is 31.6 Å². The van der Waals surface area contributed by atoms with Crippen LogP contribution in [0.15, 0.2) is 72.8 Å². The summed E-state index contributed by atoms with van der Waals surface area (Å²) in [5.74, 6) is -1.58. The zero-order chi connectivity index (χ0) is 28.9. The number of halogens is 1. The third-order valence-electron chi connectivity index (χ3n) is 6.33. The minimum absolute atomic E-state index is 0.0356. The van der Waals surface area contributed by atoms with E-state index >= 15 is 0 Å². The Hall–Kier alpha value is -4.37. The third kappa shape index (κ3) is 7.39. The number of hydrazine groups is 1. The van der Waals surface area contributed by atoms with E-state index in [1.165, 1.54) is 22.6 Å². The van der Waals surface area contributed by atoms with E-state index in [9.17, 15) is 19.2 Å². The molecule has 1 saturated heterocycles. The van der Waals surface area contributed by atoms with Crippen LogP contribution in [0.1, 0.15) is 43.1 Å². The van der Waals surface area contributed by atoms with E-state index in [4.69, 9.17) is 21.1 Å². The Morgan fingerprint density at radius 3 is 2.10 bits per heavy atom. The lowest BCUT2D eigenvalue weighted by Crippen LogP contribution is -2.43. The van der Waals surface area contributed by atoms with Gasteiger partial charge in [-0.1, -0.05) is 44.5 Å². The maximum Gasteiger partial charge on any atom is 0.311 e. The highest BCUT2D eigenvalue weighted by atomic mass is 35.5. The van der Waals surface area contributed by atoms with E-state index in [0.29, 0.717) is 27.8 Å². The zero-order valence-corrected chi connectivity index (χ0v) is 23.2. The first-order valence-corrected chi connectivity index (χ1v) is 13.1. The molecular weight excluding hydrogens is 534 g/mol. The largest absolute Gasteiger partial charge is 0.457 e. The normalized spacial score (nSPS) is 14.9. The van der Waals surface area contributed by atoms with E-state index in [1.807, 2.05) is 24.3 Å². The van der Waals surface area contributed by atoms with Crippen molar-refractivity contribution in [2.75, 3.05) is 18.1 Å². The number of nitrogens with zero attached hydrogens (tertiary/aromatic N) is 1. The second-order valence-electron chi connectivity index (χ2n) is 10.4. The predicted molar refractivity (Wildman–Crippen MR) is 150 cm³/mol. The zero-order valence-electron chi connectivity index (χ0n) is 22.4. The number of ether oxygens (including phenoxy) is 2. The van der Waals surface area contributed by atoms with Crippen molar-refractivity contribution in [3.63, 3.8) is 0 Å². The predicted octanol–water partition coefficient (Wildman–Crippen LogP) is 4.79. The molecule has 3 amide bonds. The molecule has 10 heteroatoms. The smallest absolute Gasteiger partial charge is 0.311 e. The number of rotatable bonds is 7. The summed E-state index contributed by atoms with van der Waals surface area (Å²) >= 11 is 5.79. The Kier molecular flexibility index (Phi) is 8.74. The number of amides is 3. The first kappa shape index (κ1) is 28.6. The molecule has 1 aliphatic rings. The van der Waals surface area contributed by atoms with Crippen molar-refractivity contribution >= 4 is 41.0 Å². The summed E-state index contributed by atoms with van der Waals surface area (Å²) in [5, 5.41) is 0.472. The summed E-state index contributed by atoms with van der Waals surface area (Å²) in [6.07, 6.45) is -0.0356. The van der Waals surface area contributed by atoms with Crippen LogP contribution in [0.5, 0.6) is 11.5 Å². The van der Waals surface area contributed by atoms with E-state index < -0.39 is 30.3 Å². The Morgan fingerprint density at radius 2 is 1.50 bits per heavy atom. The highest BCUT2D eigenvalue weighted by Crippen LogP contribution is 2.30. The summed E-state index contributed by atoms with van der Waals surface area (Å²) in [6, 6.07) is 21.0. The minimum Gasteiger partial charge on any atom is -0.457 e. The maximum absolute atomic E-state index is 12.6. The quantitative estimate of drug-likeness (QED) is 0.316. The van der Waals surface area contributed by atoms with Crippen LogP contribution in [0.25, 0.3) is 0 Å². The van der Waals surface area contributed by atoms with Crippen LogP contribution in [0.2, 0.25) is 5.02 Å². The molecule has 0 saturated carbocycles. The fraction of sp³-hybridized carbons (Fsp3) is 0.267. The van der Waals surface area contributed by atoms with Crippen molar-refractivity contribution in [1.29, 1.82) is 0 Å². The second kappa shape index (κ2) is 12.2. The van der Waals surface area contributed by atoms with Crippen molar-refractivity contribution in [2.45, 2.75) is 32.6 Å². The molecule has 0 bridgehead atoms. The van der Waals surface area contributed by atoms with Gasteiger partial charge in [0.2, 0.25) is 5.91 Å². The lowest BCUT2D eigenvalue weighted by atomic mass is 9.87. The van der Waals surface area contributed by atoms with Crippen LogP contribution in [0.3, 0.4) is 0 Å². The van der Waals surface area contributed by atoms with Crippen molar-refractivity contribution in [2.24, 2.45) is 5.92 Å². The van der Waals surface area contributed by atoms with E-state index in [0.717, 1.165) is 0 Å². The second-order valence-corrected chi connectivity index (χ2v) is 10.8. The number of benzene rings is 3. The molecule has 3 aromatic rings. The van der Waals surface area contributed by atoms with Crippen LogP contribution < -0.4 is 20.5 Å². The summed E-state index contributed by atoms with van der Waals surface area (Å²) in [6.45, 7) is 5.96. The standard InChI is InChI=1S/C30H30ClN3O6/c1-30(2,3)21-6-12-24(13-7-21)40-25-14-10-23(11-15-25)34-17-20(16-27(34)36)29(38)39-18-26(35)32-33-28(37)19-4-8-22(31)9-5-19/h4-15,20H,16-18H2,1-3H3,(H,32,35)(H,33,37)/t20-/m1/s1. The maximum atomic E-state index is 12.6. The Balaban J connectivity index is 1.24. The molecule has 3 aromatic carbocycles. The van der Waals surface area contributed by atoms with Gasteiger partial charge in [0.05, 0.1) is 5.92 Å². The highest BCUT2D eigenvalue weighted by molar-refractivity contribution is 6.30. The van der Waals surface area contributed by atoms with Gasteiger partial charge in [-0.3, -0.25) is 30.0 Å². The van der Waals surface area contributed by atoms with Gasteiger partial charge in [0.25, 0.3) is 11.8 Å². The molecule has 1 aliphatic heterocycles. The van der Waals surface area contributed by atoms with Crippen LogP contribution in [-0.4, -0.2) is 36.8 Å². The molecule has 0 spiro atoms. The first-order chi connectivity index (χ1) is 19.0. The van der Waals surface area contributed by atoms with Gasteiger partial charge in [0.15, 0.2) is 6.61 Å². The van der Waals surface area contributed by atoms with Gasteiger partial charge in [-0.2, -0.15) is 0 Å². The van der Waals surface area contributed by atoms with E-state index in [1.54, 1.807) is 36.4 Å². The summed E-state index contributed by atoms with van der Waals surface area (Å²) in [7, 11) is 0. The van der Waals surface area contributed by atoms with Crippen LogP contribution in [0, 0.1) is 5.92 Å². The van der Waals surface area contributed by atoms with Crippen molar-refractivity contribution < 1.29 is 28.7 Å². The molecule has 40 heavy (non-hydrogen) atoms. The van der Waals surface area contributed by atoms with Gasteiger partial charge in [-0.05, 0) is 71.6 Å². The van der Waals surface area contributed by atoms with E-state index in [-0.39, 0.29) is 24.3 Å². The third-order valence-corrected chi connectivity index (χ3v) is 6.58. The summed E-state index contributed by atoms with van der Waals surface area (Å²) < 4.78 is 11.0. The lowest BCUT2D eigenvalue weighted by Gasteiger charge is -2.19. The minimum atomic E-state index is -0.722. The number of nitrogens with one attached hydrogen (secondary N) is 2. The molecule has 0 unspecified atom stereocenters. The number of carbonyl (C=O) groups is 4. The topological polar surface area (TPSA) is 114 Å². The molecule has 1 heterocycles. The molecule has 9 nitrogen and oxygen atoms in total. The molecule has 0 aromatic heterocycles. The molecule has 1 fully saturated rings. The van der Waals surface area contributed by atoms with Gasteiger partial charge in [-0.25, -0.2) is 0 Å². The molecule has 0 aliphatic carbocycles. The number of hydrogen-bond acceptors (Lipinski definition) is 6. The SMILES string of the molecule is CC(C)(C)c1ccc(Oc2ccc(N3C[C@H](C(=O)OCC(=O)NNC(=O)c4ccc(Cl)cc4)CC3=O)cc2)cc1. The van der Waals surface area contributed by atoms with Crippen molar-refractivity contribution in [1.82, 2.24) is 10.9 Å². The van der Waals surface area contributed by atoms with Crippen LogP contribution >= 0.6 is 11.6 Å². The fourth-order valence-corrected chi connectivity index (χ4v) is 4.18. The number of hydrogen-bond donors (Lipinski definition) is 2. The highest BCUT2D eigenvalue weighted by Gasteiger charge is 2.36. The summed E-state index contributed by atoms with van der Waals surface area (Å²) in [5.41, 5.74) is 6.58. The Bertz CT molecular complexity index is 1380. The molecule has 0 radical (unpaired) electrons. The fourth-order valence-electron chi connectivity index (χ4n) is 4.06. The number of esters is 1. The van der Waals surface area contributed by atoms with Crippen LogP contribution in [-0.2, 0) is 24.5 Å². The molecule has 2 N–H and O–H groups in total. The van der Waals surface area contributed by atoms with Crippen molar-refractivity contribution in [3.05, 3.63) is 88.9 Å². The summed E-state index contributed by atoms with van der Waals surface area (Å²) in [4.78, 5) is 50.7. The molecular formula is C30H30ClN3O6. The molecule has 4 rings (SSSR count). The van der Waals surface area contributed by atoms with Gasteiger partial charge in [0, 0.05) is 29.2 Å². The Morgan fingerprint density at radius 1 is 0.900 bits per heavy atom. The number of carbonyl (C=O) groups excluding carboxylic acids is 4. The number of anilines is 1. The molecule has 208 valence electrons. The van der Waals surface area contributed by atoms with Crippen LogP contribution in [0.4, 0.5) is 5.69 Å².